The molecule has 0 radical (unpaired) electrons. The molecule has 3 atom stereocenters. The van der Waals surface area contributed by atoms with Crippen LogP contribution in [0.3, 0.4) is 0 Å². The van der Waals surface area contributed by atoms with E-state index < -0.39 is 0 Å². The van der Waals surface area contributed by atoms with Gasteiger partial charge in [-0.3, -0.25) is 24.0 Å². The Balaban J connectivity index is 0.549. The number of anilines is 2. The standard InChI is InChI=1S/C61H87N7O18S/c69-55(4-2-1-3-54-57-52(44-87-54)66-61(74)67-57)62-17-19-75-21-23-77-25-27-79-29-31-81-33-35-83-37-39-85-40-38-84-36-34-82-32-30-80-28-26-78-24-22-76-20-18-63-58(71)46-9-12-49(13-10-46)64-59(72)47-7-5-45(6-8-47)42-68(50-14-15-50)60(73)48-11-16-51-53(41-48)86-43-56(70)65-51/h5-13,16,41,50,52,54,57H,1-4,14-15,17-40,42-44H2,(H,62,69)(H,63,71)(H,64,72)(H,65,70)(H2,66,67,74)/t52-,54-,57-/m0/s1. The maximum absolute atomic E-state index is 13.5. The van der Waals surface area contributed by atoms with E-state index in [1.165, 1.54) is 0 Å². The van der Waals surface area contributed by atoms with Crippen LogP contribution in [0.15, 0.2) is 66.7 Å². The van der Waals surface area contributed by atoms with Gasteiger partial charge < -0.3 is 93.6 Å². The minimum absolute atomic E-state index is 0.0323. The SMILES string of the molecule is O=C(CCCC[C@@H]1SC[C@@H]2NC(=O)N[C@@H]21)NCCOCCOCCOCCOCCOCCOCCOCCOCCOCCOCCOCCNC(=O)c1ccc(NC(=O)c2ccc(CN(C(=O)c3ccc4c(c3)OCC(=O)N4)C3CC3)cc2)cc1. The predicted molar refractivity (Wildman–Crippen MR) is 323 cm³/mol. The predicted octanol–water partition coefficient (Wildman–Crippen LogP) is 3.83. The van der Waals surface area contributed by atoms with Crippen molar-refractivity contribution < 1.29 is 85.6 Å². The lowest BCUT2D eigenvalue weighted by Gasteiger charge is -2.24. The van der Waals surface area contributed by atoms with Crippen LogP contribution < -0.4 is 36.6 Å². The number of hydrogen-bond acceptors (Lipinski definition) is 19. The molecule has 7 amide bonds. The highest BCUT2D eigenvalue weighted by atomic mass is 32.2. The Morgan fingerprint density at radius 3 is 1.56 bits per heavy atom. The number of hydrogen-bond donors (Lipinski definition) is 6. The molecule has 3 aliphatic heterocycles. The second-order valence-corrected chi connectivity index (χ2v) is 21.9. The smallest absolute Gasteiger partial charge is 0.315 e. The van der Waals surface area contributed by atoms with Gasteiger partial charge in [0.1, 0.15) is 5.75 Å². The van der Waals surface area contributed by atoms with E-state index in [9.17, 15) is 28.8 Å². The Bertz CT molecular complexity index is 2530. The van der Waals surface area contributed by atoms with Crippen molar-refractivity contribution in [3.8, 4) is 5.75 Å². The third kappa shape index (κ3) is 26.7. The summed E-state index contributed by atoms with van der Waals surface area (Å²) in [4.78, 5) is 76.4. The van der Waals surface area contributed by atoms with E-state index in [2.05, 4.69) is 31.9 Å². The maximum atomic E-state index is 13.5. The molecule has 0 aromatic heterocycles. The number of urea groups is 1. The average molecular weight is 1240 g/mol. The van der Waals surface area contributed by atoms with Gasteiger partial charge in [-0.2, -0.15) is 11.8 Å². The molecule has 4 aliphatic rings. The molecule has 3 heterocycles. The van der Waals surface area contributed by atoms with Crippen molar-refractivity contribution in [1.29, 1.82) is 0 Å². The number of amides is 7. The van der Waals surface area contributed by atoms with Crippen molar-refractivity contribution in [3.63, 3.8) is 0 Å². The van der Waals surface area contributed by atoms with Gasteiger partial charge in [0.05, 0.1) is 163 Å². The van der Waals surface area contributed by atoms with Crippen LogP contribution in [0.2, 0.25) is 0 Å². The van der Waals surface area contributed by atoms with Crippen LogP contribution in [0.4, 0.5) is 16.2 Å². The molecule has 3 fully saturated rings. The van der Waals surface area contributed by atoms with Crippen molar-refractivity contribution in [2.75, 3.05) is 181 Å². The topological polar surface area (TPSA) is 289 Å². The van der Waals surface area contributed by atoms with E-state index in [-0.39, 0.29) is 60.3 Å². The number of fused-ring (bicyclic) bond motifs is 2. The third-order valence-corrected chi connectivity index (χ3v) is 15.5. The molecule has 480 valence electrons. The molecule has 1 aliphatic carbocycles. The molecule has 0 spiro atoms. The number of thioether (sulfide) groups is 1. The lowest BCUT2D eigenvalue weighted by molar-refractivity contribution is -0.121. The first-order valence-corrected chi connectivity index (χ1v) is 31.2. The van der Waals surface area contributed by atoms with E-state index >= 15 is 0 Å². The van der Waals surface area contributed by atoms with Crippen molar-refractivity contribution in [2.45, 2.75) is 68.4 Å². The number of unbranched alkanes of at least 4 members (excludes halogenated alkanes) is 1. The fraction of sp³-hybridized carbons (Fsp3) is 0.607. The molecule has 6 N–H and O–H groups in total. The monoisotopic (exact) mass is 1240 g/mol. The molecule has 26 heteroatoms. The molecule has 87 heavy (non-hydrogen) atoms. The van der Waals surface area contributed by atoms with E-state index in [1.807, 2.05) is 28.8 Å². The van der Waals surface area contributed by atoms with Crippen molar-refractivity contribution in [3.05, 3.63) is 89.0 Å². The molecular formula is C61H87N7O18S. The molecule has 0 unspecified atom stereocenters. The zero-order valence-electron chi connectivity index (χ0n) is 49.7. The molecule has 2 saturated heterocycles. The van der Waals surface area contributed by atoms with Crippen molar-refractivity contribution >= 4 is 58.7 Å². The van der Waals surface area contributed by atoms with E-state index in [1.54, 1.807) is 54.6 Å². The van der Waals surface area contributed by atoms with E-state index in [4.69, 9.17) is 56.8 Å². The van der Waals surface area contributed by atoms with Crippen LogP contribution in [-0.4, -0.2) is 235 Å². The van der Waals surface area contributed by atoms with Gasteiger partial charge in [-0.15, -0.1) is 0 Å². The average Bonchev–Trinajstić information content (AvgIpc) is 2.33. The van der Waals surface area contributed by atoms with Crippen LogP contribution in [0.1, 0.15) is 75.2 Å². The van der Waals surface area contributed by atoms with Crippen LogP contribution in [-0.2, 0) is 68.2 Å². The first-order chi connectivity index (χ1) is 42.7. The van der Waals surface area contributed by atoms with Crippen LogP contribution in [0.25, 0.3) is 0 Å². The largest absolute Gasteiger partial charge is 0.482 e. The summed E-state index contributed by atoms with van der Waals surface area (Å²) in [6.45, 7) is 10.7. The normalized spacial score (nSPS) is 16.7. The lowest BCUT2D eigenvalue weighted by atomic mass is 10.0. The van der Waals surface area contributed by atoms with Gasteiger partial charge in [0.25, 0.3) is 23.6 Å². The number of carbonyl (C=O) groups is 6. The second kappa shape index (κ2) is 40.5. The molecular weight excluding hydrogens is 1150 g/mol. The van der Waals surface area contributed by atoms with Crippen LogP contribution >= 0.6 is 11.8 Å². The molecule has 3 aromatic rings. The first-order valence-electron chi connectivity index (χ1n) is 30.2. The number of nitrogens with zero attached hydrogens (tertiary/aromatic N) is 1. The van der Waals surface area contributed by atoms with Crippen LogP contribution in [0.5, 0.6) is 5.75 Å². The van der Waals surface area contributed by atoms with Gasteiger partial charge in [0, 0.05) is 65.5 Å². The van der Waals surface area contributed by atoms with Crippen molar-refractivity contribution in [2.24, 2.45) is 0 Å². The Kier molecular flexibility index (Phi) is 31.9. The summed E-state index contributed by atoms with van der Waals surface area (Å²) in [6, 6.07) is 19.3. The summed E-state index contributed by atoms with van der Waals surface area (Å²) in [5, 5.41) is 17.7. The zero-order chi connectivity index (χ0) is 60.9. The number of nitrogens with one attached hydrogen (secondary N) is 6. The van der Waals surface area contributed by atoms with Gasteiger partial charge in [0.15, 0.2) is 6.61 Å². The summed E-state index contributed by atoms with van der Waals surface area (Å²) in [5.74, 6) is 0.518. The lowest BCUT2D eigenvalue weighted by Crippen LogP contribution is -2.36. The van der Waals surface area contributed by atoms with Crippen molar-refractivity contribution in [1.82, 2.24) is 26.2 Å². The highest BCUT2D eigenvalue weighted by molar-refractivity contribution is 8.00. The molecule has 0 bridgehead atoms. The zero-order valence-corrected chi connectivity index (χ0v) is 50.5. The highest BCUT2D eigenvalue weighted by Gasteiger charge is 2.42. The number of rotatable bonds is 48. The van der Waals surface area contributed by atoms with Gasteiger partial charge >= 0.3 is 6.03 Å². The van der Waals surface area contributed by atoms with E-state index in [0.29, 0.717) is 210 Å². The summed E-state index contributed by atoms with van der Waals surface area (Å²) in [7, 11) is 0. The fourth-order valence-corrected chi connectivity index (χ4v) is 10.8. The molecule has 25 nitrogen and oxygen atoms in total. The quantitative estimate of drug-likeness (QED) is 0.0346. The minimum Gasteiger partial charge on any atom is -0.482 e. The minimum atomic E-state index is -0.307. The van der Waals surface area contributed by atoms with Gasteiger partial charge in [-0.05, 0) is 85.8 Å². The maximum Gasteiger partial charge on any atom is 0.315 e. The Hall–Kier alpha value is -6.01. The van der Waals surface area contributed by atoms with Gasteiger partial charge in [0.2, 0.25) is 5.91 Å². The Morgan fingerprint density at radius 2 is 1.03 bits per heavy atom. The molecule has 3 aromatic carbocycles. The van der Waals surface area contributed by atoms with Gasteiger partial charge in [-0.1, -0.05) is 18.6 Å². The number of carbonyl (C=O) groups excluding carboxylic acids is 6. The van der Waals surface area contributed by atoms with Crippen LogP contribution in [0, 0.1) is 0 Å². The number of benzene rings is 3. The Morgan fingerprint density at radius 1 is 0.552 bits per heavy atom. The molecule has 1 saturated carbocycles. The fourth-order valence-electron chi connectivity index (χ4n) is 9.26. The Labute approximate surface area is 513 Å². The van der Waals surface area contributed by atoms with E-state index in [0.717, 1.165) is 43.4 Å². The van der Waals surface area contributed by atoms with Gasteiger partial charge in [-0.25, -0.2) is 4.79 Å². The summed E-state index contributed by atoms with van der Waals surface area (Å²) >= 11 is 1.90. The second-order valence-electron chi connectivity index (χ2n) is 20.7. The third-order valence-electron chi connectivity index (χ3n) is 14.0. The summed E-state index contributed by atoms with van der Waals surface area (Å²) in [6.07, 6.45) is 5.13. The molecule has 7 rings (SSSR count). The number of ether oxygens (including phenoxy) is 12. The first kappa shape index (κ1) is 68.5. The summed E-state index contributed by atoms with van der Waals surface area (Å²) in [5.41, 5.74) is 3.33. The highest BCUT2D eigenvalue weighted by Crippen LogP contribution is 2.34. The summed E-state index contributed by atoms with van der Waals surface area (Å²) < 4.78 is 66.4.